The molecule has 0 saturated heterocycles. The minimum atomic E-state index is -0.444. The van der Waals surface area contributed by atoms with Crippen molar-refractivity contribution in [3.05, 3.63) is 16.6 Å². The van der Waals surface area contributed by atoms with Gasteiger partial charge >= 0.3 is 6.09 Å². The van der Waals surface area contributed by atoms with E-state index in [0.717, 1.165) is 13.0 Å². The van der Waals surface area contributed by atoms with Crippen molar-refractivity contribution in [1.29, 1.82) is 0 Å². The van der Waals surface area contributed by atoms with Gasteiger partial charge in [0.05, 0.1) is 5.51 Å². The predicted molar refractivity (Wildman–Crippen MR) is 88.9 cm³/mol. The van der Waals surface area contributed by atoms with E-state index in [4.69, 9.17) is 4.74 Å². The molecular weight excluding hydrogens is 298 g/mol. The van der Waals surface area contributed by atoms with E-state index in [1.807, 2.05) is 32.5 Å². The van der Waals surface area contributed by atoms with Crippen LogP contribution in [0, 0.1) is 5.92 Å². The van der Waals surface area contributed by atoms with Crippen LogP contribution >= 0.6 is 11.3 Å². The summed E-state index contributed by atoms with van der Waals surface area (Å²) in [4.78, 5) is 17.1. The van der Waals surface area contributed by atoms with Crippen LogP contribution < -0.4 is 10.6 Å². The van der Waals surface area contributed by atoms with Crippen molar-refractivity contribution in [3.63, 3.8) is 0 Å². The minimum absolute atomic E-state index is 0.320. The molecule has 6 heteroatoms. The Morgan fingerprint density at radius 2 is 2.18 bits per heavy atom. The molecule has 2 unspecified atom stereocenters. The Hall–Kier alpha value is -1.14. The topological polar surface area (TPSA) is 63.2 Å². The third-order valence-electron chi connectivity index (χ3n) is 3.84. The van der Waals surface area contributed by atoms with Crippen molar-refractivity contribution in [1.82, 2.24) is 15.6 Å². The molecule has 22 heavy (non-hydrogen) atoms. The van der Waals surface area contributed by atoms with E-state index in [2.05, 4.69) is 15.6 Å². The number of rotatable bonds is 5. The number of hydrogen-bond acceptors (Lipinski definition) is 5. The van der Waals surface area contributed by atoms with Crippen molar-refractivity contribution < 1.29 is 9.53 Å². The zero-order valence-electron chi connectivity index (χ0n) is 13.7. The highest BCUT2D eigenvalue weighted by molar-refractivity contribution is 7.09. The summed E-state index contributed by atoms with van der Waals surface area (Å²) in [7, 11) is 0. The largest absolute Gasteiger partial charge is 0.444 e. The van der Waals surface area contributed by atoms with Crippen molar-refractivity contribution in [2.45, 2.75) is 64.6 Å². The number of ether oxygens (including phenoxy) is 1. The number of hydrogen-bond donors (Lipinski definition) is 2. The molecule has 0 spiro atoms. The van der Waals surface area contributed by atoms with Gasteiger partial charge in [-0.25, -0.2) is 4.79 Å². The summed E-state index contributed by atoms with van der Waals surface area (Å²) < 4.78 is 5.31. The molecule has 0 aromatic carbocycles. The molecule has 5 nitrogen and oxygen atoms in total. The molecule has 1 aliphatic rings. The lowest BCUT2D eigenvalue weighted by atomic mass is 9.84. The molecule has 2 atom stereocenters. The second-order valence-corrected chi connectivity index (χ2v) is 7.85. The Kier molecular flexibility index (Phi) is 6.20. The van der Waals surface area contributed by atoms with Gasteiger partial charge in [-0.3, -0.25) is 4.98 Å². The quantitative estimate of drug-likeness (QED) is 0.872. The summed E-state index contributed by atoms with van der Waals surface area (Å²) in [5, 5.41) is 6.55. The summed E-state index contributed by atoms with van der Waals surface area (Å²) in [5.41, 5.74) is 1.42. The van der Waals surface area contributed by atoms with Gasteiger partial charge in [-0.1, -0.05) is 12.8 Å². The first-order chi connectivity index (χ1) is 10.4. The molecule has 1 aromatic heterocycles. The molecule has 1 amide bonds. The molecule has 1 heterocycles. The lowest BCUT2D eigenvalue weighted by molar-refractivity contribution is 0.0510. The van der Waals surface area contributed by atoms with E-state index in [-0.39, 0.29) is 6.09 Å². The first kappa shape index (κ1) is 17.2. The zero-order chi connectivity index (χ0) is 16.0. The third-order valence-corrected chi connectivity index (χ3v) is 4.62. The van der Waals surface area contributed by atoms with E-state index in [1.54, 1.807) is 11.3 Å². The van der Waals surface area contributed by atoms with Gasteiger partial charge in [0.1, 0.15) is 5.60 Å². The van der Waals surface area contributed by atoms with Crippen molar-refractivity contribution >= 4 is 17.4 Å². The number of carbonyl (C=O) groups excluding carboxylic acids is 1. The van der Waals surface area contributed by atoms with Crippen molar-refractivity contribution in [2.75, 3.05) is 6.54 Å². The molecule has 1 aliphatic carbocycles. The number of carbonyl (C=O) groups is 1. The fourth-order valence-corrected chi connectivity index (χ4v) is 3.36. The first-order valence-electron chi connectivity index (χ1n) is 8.01. The van der Waals surface area contributed by atoms with E-state index >= 15 is 0 Å². The molecule has 124 valence electrons. The number of nitrogens with one attached hydrogen (secondary N) is 2. The van der Waals surface area contributed by atoms with Crippen LogP contribution in [0.3, 0.4) is 0 Å². The molecule has 0 bridgehead atoms. The van der Waals surface area contributed by atoms with E-state index in [1.165, 1.54) is 24.1 Å². The van der Waals surface area contributed by atoms with Gasteiger partial charge in [-0.05, 0) is 39.5 Å². The standard InChI is InChI=1S/C16H27N3O2S/c1-16(2,3)21-15(20)19-8-12-6-4-5-7-14(12)18-10-13-9-17-11-22-13/h9,11-12,14,18H,4-8,10H2,1-3H3,(H,19,20). The van der Waals surface area contributed by atoms with Crippen LogP contribution in [0.25, 0.3) is 0 Å². The van der Waals surface area contributed by atoms with Gasteiger partial charge in [0.25, 0.3) is 0 Å². The SMILES string of the molecule is CC(C)(C)OC(=O)NCC1CCCCC1NCc1cncs1. The van der Waals surface area contributed by atoms with Gasteiger partial charge < -0.3 is 15.4 Å². The molecule has 0 aliphatic heterocycles. The Bertz CT molecular complexity index is 456. The second-order valence-electron chi connectivity index (χ2n) is 6.88. The minimum Gasteiger partial charge on any atom is -0.444 e. The number of thiazole rings is 1. The maximum atomic E-state index is 11.8. The van der Waals surface area contributed by atoms with Crippen LogP contribution in [0.2, 0.25) is 0 Å². The lowest BCUT2D eigenvalue weighted by Crippen LogP contribution is -2.44. The third kappa shape index (κ3) is 5.93. The number of amides is 1. The highest BCUT2D eigenvalue weighted by Gasteiger charge is 2.26. The summed E-state index contributed by atoms with van der Waals surface area (Å²) in [6.45, 7) is 7.18. The van der Waals surface area contributed by atoms with E-state index < -0.39 is 5.60 Å². The fraction of sp³-hybridized carbons (Fsp3) is 0.750. The van der Waals surface area contributed by atoms with Crippen LogP contribution in [0.1, 0.15) is 51.3 Å². The summed E-state index contributed by atoms with van der Waals surface area (Å²) in [6.07, 6.45) is 6.39. The van der Waals surface area contributed by atoms with Gasteiger partial charge in [0, 0.05) is 30.2 Å². The first-order valence-corrected chi connectivity index (χ1v) is 8.89. The van der Waals surface area contributed by atoms with Crippen LogP contribution in [-0.2, 0) is 11.3 Å². The lowest BCUT2D eigenvalue weighted by Gasteiger charge is -2.32. The maximum Gasteiger partial charge on any atom is 0.407 e. The van der Waals surface area contributed by atoms with Crippen molar-refractivity contribution in [3.8, 4) is 0 Å². The van der Waals surface area contributed by atoms with Crippen molar-refractivity contribution in [2.24, 2.45) is 5.92 Å². The molecule has 1 aromatic rings. The van der Waals surface area contributed by atoms with Gasteiger partial charge in [0.15, 0.2) is 0 Å². The Labute approximate surface area is 136 Å². The summed E-state index contributed by atoms with van der Waals surface area (Å²) >= 11 is 1.67. The van der Waals surface area contributed by atoms with Crippen LogP contribution in [0.4, 0.5) is 4.79 Å². The highest BCUT2D eigenvalue weighted by Crippen LogP contribution is 2.24. The molecule has 2 N–H and O–H groups in total. The maximum absolute atomic E-state index is 11.8. The monoisotopic (exact) mass is 325 g/mol. The molecular formula is C16H27N3O2S. The average molecular weight is 325 g/mol. The predicted octanol–water partition coefficient (Wildman–Crippen LogP) is 3.32. The number of aromatic nitrogens is 1. The van der Waals surface area contributed by atoms with E-state index in [0.29, 0.717) is 18.5 Å². The molecule has 2 rings (SSSR count). The Balaban J connectivity index is 1.78. The average Bonchev–Trinajstić information content (AvgIpc) is 2.95. The summed E-state index contributed by atoms with van der Waals surface area (Å²) in [5.74, 6) is 0.467. The smallest absolute Gasteiger partial charge is 0.407 e. The van der Waals surface area contributed by atoms with Gasteiger partial charge in [-0.2, -0.15) is 0 Å². The van der Waals surface area contributed by atoms with Gasteiger partial charge in [0.2, 0.25) is 0 Å². The number of alkyl carbamates (subject to hydrolysis) is 1. The fourth-order valence-electron chi connectivity index (χ4n) is 2.81. The normalized spacial score (nSPS) is 22.3. The zero-order valence-corrected chi connectivity index (χ0v) is 14.5. The molecule has 1 fully saturated rings. The number of nitrogens with zero attached hydrogens (tertiary/aromatic N) is 1. The van der Waals surface area contributed by atoms with Gasteiger partial charge in [-0.15, -0.1) is 11.3 Å². The highest BCUT2D eigenvalue weighted by atomic mass is 32.1. The van der Waals surface area contributed by atoms with Crippen LogP contribution in [-0.4, -0.2) is 29.3 Å². The summed E-state index contributed by atoms with van der Waals surface area (Å²) in [6, 6.07) is 0.450. The van der Waals surface area contributed by atoms with Crippen LogP contribution in [0.15, 0.2) is 11.7 Å². The second kappa shape index (κ2) is 7.92. The van der Waals surface area contributed by atoms with E-state index in [9.17, 15) is 4.79 Å². The Morgan fingerprint density at radius 3 is 2.86 bits per heavy atom. The molecule has 0 radical (unpaired) electrons. The Morgan fingerprint density at radius 1 is 1.41 bits per heavy atom. The molecule has 1 saturated carbocycles. The van der Waals surface area contributed by atoms with Crippen LogP contribution in [0.5, 0.6) is 0 Å².